The molecule has 0 aliphatic heterocycles. The lowest BCUT2D eigenvalue weighted by molar-refractivity contribution is -0.137. The predicted molar refractivity (Wildman–Crippen MR) is 70.8 cm³/mol. The number of carbonyl (C=O) groups is 3. The van der Waals surface area contributed by atoms with Crippen molar-refractivity contribution in [3.63, 3.8) is 0 Å². The Balaban J connectivity index is 3.93. The highest BCUT2D eigenvalue weighted by Crippen LogP contribution is 1.93. The van der Waals surface area contributed by atoms with Crippen LogP contribution in [0.3, 0.4) is 0 Å². The van der Waals surface area contributed by atoms with Gasteiger partial charge in [-0.25, -0.2) is 4.79 Å². The fraction of sp³-hybridized carbons (Fsp3) is 0.750. The zero-order valence-corrected chi connectivity index (χ0v) is 11.7. The number of aliphatic carboxylic acids is 1. The molecule has 0 aliphatic carbocycles. The van der Waals surface area contributed by atoms with Crippen molar-refractivity contribution in [2.45, 2.75) is 39.7 Å². The van der Waals surface area contributed by atoms with E-state index in [1.165, 1.54) is 4.90 Å². The second-order valence-electron chi connectivity index (χ2n) is 4.43. The van der Waals surface area contributed by atoms with Crippen LogP contribution in [0.2, 0.25) is 0 Å². The maximum absolute atomic E-state index is 11.7. The number of nitrogens with zero attached hydrogens (tertiary/aromatic N) is 1. The van der Waals surface area contributed by atoms with Crippen LogP contribution in [0.1, 0.15) is 33.6 Å². The molecule has 0 unspecified atom stereocenters. The Morgan fingerprint density at radius 1 is 1.21 bits per heavy atom. The van der Waals surface area contributed by atoms with Crippen LogP contribution < -0.4 is 10.6 Å². The molecule has 19 heavy (non-hydrogen) atoms. The molecule has 0 aliphatic rings. The van der Waals surface area contributed by atoms with Crippen LogP contribution in [0.5, 0.6) is 0 Å². The lowest BCUT2D eigenvalue weighted by atomic mass is 10.3. The molecule has 0 bridgehead atoms. The quantitative estimate of drug-likeness (QED) is 0.596. The Labute approximate surface area is 113 Å². The van der Waals surface area contributed by atoms with Crippen molar-refractivity contribution in [3.8, 4) is 0 Å². The average Bonchev–Trinajstić information content (AvgIpc) is 2.28. The van der Waals surface area contributed by atoms with Crippen molar-refractivity contribution in [1.29, 1.82) is 0 Å². The molecule has 0 atom stereocenters. The van der Waals surface area contributed by atoms with E-state index in [2.05, 4.69) is 10.6 Å². The third-order valence-electron chi connectivity index (χ3n) is 2.34. The maximum Gasteiger partial charge on any atom is 0.317 e. The third-order valence-corrected chi connectivity index (χ3v) is 2.34. The van der Waals surface area contributed by atoms with Crippen LogP contribution in [0.4, 0.5) is 4.79 Å². The zero-order chi connectivity index (χ0) is 14.8. The highest BCUT2D eigenvalue weighted by atomic mass is 16.4. The van der Waals surface area contributed by atoms with Crippen molar-refractivity contribution >= 4 is 17.9 Å². The molecule has 7 nitrogen and oxygen atoms in total. The summed E-state index contributed by atoms with van der Waals surface area (Å²) in [5, 5.41) is 13.9. The highest BCUT2D eigenvalue weighted by molar-refractivity contribution is 5.78. The molecule has 0 saturated carbocycles. The first kappa shape index (κ1) is 17.2. The average molecular weight is 273 g/mol. The van der Waals surface area contributed by atoms with Crippen LogP contribution in [-0.2, 0) is 9.59 Å². The van der Waals surface area contributed by atoms with Gasteiger partial charge in [0.25, 0.3) is 0 Å². The van der Waals surface area contributed by atoms with Gasteiger partial charge in [0.05, 0.1) is 6.42 Å². The molecular formula is C12H23N3O4. The van der Waals surface area contributed by atoms with Crippen LogP contribution in [0.15, 0.2) is 0 Å². The Morgan fingerprint density at radius 3 is 2.32 bits per heavy atom. The maximum atomic E-state index is 11.7. The Morgan fingerprint density at radius 2 is 1.84 bits per heavy atom. The van der Waals surface area contributed by atoms with E-state index in [-0.39, 0.29) is 43.9 Å². The molecule has 3 N–H and O–H groups in total. The topological polar surface area (TPSA) is 98.7 Å². The molecule has 0 aromatic carbocycles. The molecule has 0 saturated heterocycles. The molecule has 0 aromatic rings. The van der Waals surface area contributed by atoms with Gasteiger partial charge in [0.2, 0.25) is 5.91 Å². The predicted octanol–water partition coefficient (Wildman–Crippen LogP) is 0.407. The number of carboxylic acids is 1. The standard InChI is InChI=1S/C12H23N3O4/c1-4-15(8-6-11(17)18)12(19)13-7-5-10(16)14-9(2)3/h9H,4-8H2,1-3H3,(H,13,19)(H,14,16)(H,17,18). The van der Waals surface area contributed by atoms with Gasteiger partial charge in [-0.3, -0.25) is 9.59 Å². The summed E-state index contributed by atoms with van der Waals surface area (Å²) < 4.78 is 0. The number of hydrogen-bond donors (Lipinski definition) is 3. The van der Waals surface area contributed by atoms with Gasteiger partial charge in [-0.1, -0.05) is 0 Å². The van der Waals surface area contributed by atoms with Crippen LogP contribution in [-0.4, -0.2) is 53.6 Å². The molecule has 7 heteroatoms. The summed E-state index contributed by atoms with van der Waals surface area (Å²) in [6.07, 6.45) is 0.121. The van der Waals surface area contributed by atoms with E-state index in [4.69, 9.17) is 5.11 Å². The molecule has 0 heterocycles. The van der Waals surface area contributed by atoms with Gasteiger partial charge in [-0.15, -0.1) is 0 Å². The lowest BCUT2D eigenvalue weighted by Gasteiger charge is -2.20. The first-order valence-electron chi connectivity index (χ1n) is 6.40. The van der Waals surface area contributed by atoms with Gasteiger partial charge in [-0.2, -0.15) is 0 Å². The van der Waals surface area contributed by atoms with Crippen molar-refractivity contribution in [2.24, 2.45) is 0 Å². The van der Waals surface area contributed by atoms with Gasteiger partial charge in [0, 0.05) is 32.1 Å². The molecular weight excluding hydrogens is 250 g/mol. The zero-order valence-electron chi connectivity index (χ0n) is 11.7. The normalized spacial score (nSPS) is 10.1. The van der Waals surface area contributed by atoms with Crippen molar-refractivity contribution in [3.05, 3.63) is 0 Å². The van der Waals surface area contributed by atoms with Gasteiger partial charge < -0.3 is 20.6 Å². The SMILES string of the molecule is CCN(CCC(=O)O)C(=O)NCCC(=O)NC(C)C. The van der Waals surface area contributed by atoms with E-state index in [0.717, 1.165) is 0 Å². The van der Waals surface area contributed by atoms with Crippen LogP contribution in [0.25, 0.3) is 0 Å². The third kappa shape index (κ3) is 8.87. The van der Waals surface area contributed by atoms with Gasteiger partial charge in [0.15, 0.2) is 0 Å². The lowest BCUT2D eigenvalue weighted by Crippen LogP contribution is -2.42. The van der Waals surface area contributed by atoms with Crippen LogP contribution >= 0.6 is 0 Å². The second-order valence-corrected chi connectivity index (χ2v) is 4.43. The molecule has 0 spiro atoms. The van der Waals surface area contributed by atoms with Crippen molar-refractivity contribution in [2.75, 3.05) is 19.6 Å². The van der Waals surface area contributed by atoms with E-state index >= 15 is 0 Å². The largest absolute Gasteiger partial charge is 0.481 e. The summed E-state index contributed by atoms with van der Waals surface area (Å²) in [5.41, 5.74) is 0. The van der Waals surface area contributed by atoms with Crippen molar-refractivity contribution in [1.82, 2.24) is 15.5 Å². The number of carboxylic acid groups (broad SMARTS) is 1. The van der Waals surface area contributed by atoms with E-state index in [9.17, 15) is 14.4 Å². The van der Waals surface area contributed by atoms with Gasteiger partial charge >= 0.3 is 12.0 Å². The number of hydrogen-bond acceptors (Lipinski definition) is 3. The number of urea groups is 1. The molecule has 110 valence electrons. The van der Waals surface area contributed by atoms with Crippen LogP contribution in [0, 0.1) is 0 Å². The Kier molecular flexibility index (Phi) is 8.32. The minimum absolute atomic E-state index is 0.0749. The minimum atomic E-state index is -0.942. The van der Waals surface area contributed by atoms with E-state index in [1.807, 2.05) is 13.8 Å². The molecule has 0 radical (unpaired) electrons. The summed E-state index contributed by atoms with van der Waals surface area (Å²) in [7, 11) is 0. The molecule has 0 rings (SSSR count). The van der Waals surface area contributed by atoms with Gasteiger partial charge in [0.1, 0.15) is 0 Å². The summed E-state index contributed by atoms with van der Waals surface area (Å²) in [6.45, 7) is 6.32. The first-order chi connectivity index (χ1) is 8.86. The van der Waals surface area contributed by atoms with E-state index in [0.29, 0.717) is 6.54 Å². The summed E-state index contributed by atoms with van der Waals surface area (Å²) in [6, 6.07) is -0.271. The first-order valence-corrected chi connectivity index (χ1v) is 6.40. The monoisotopic (exact) mass is 273 g/mol. The Bertz CT molecular complexity index is 318. The minimum Gasteiger partial charge on any atom is -0.481 e. The molecule has 0 fully saturated rings. The molecule has 3 amide bonds. The summed E-state index contributed by atoms with van der Waals surface area (Å²) >= 11 is 0. The van der Waals surface area contributed by atoms with E-state index < -0.39 is 5.97 Å². The van der Waals surface area contributed by atoms with Gasteiger partial charge in [-0.05, 0) is 20.8 Å². The smallest absolute Gasteiger partial charge is 0.317 e. The molecule has 0 aromatic heterocycles. The fourth-order valence-electron chi connectivity index (χ4n) is 1.42. The number of carbonyl (C=O) groups excluding carboxylic acids is 2. The summed E-state index contributed by atoms with van der Waals surface area (Å²) in [4.78, 5) is 34.9. The Hall–Kier alpha value is -1.79. The summed E-state index contributed by atoms with van der Waals surface area (Å²) in [5.74, 6) is -1.06. The van der Waals surface area contributed by atoms with Crippen molar-refractivity contribution < 1.29 is 19.5 Å². The van der Waals surface area contributed by atoms with E-state index in [1.54, 1.807) is 6.92 Å². The fourth-order valence-corrected chi connectivity index (χ4v) is 1.42. The number of rotatable bonds is 8. The highest BCUT2D eigenvalue weighted by Gasteiger charge is 2.12. The number of amides is 3. The number of nitrogens with one attached hydrogen (secondary N) is 2. The second kappa shape index (κ2) is 9.18.